The van der Waals surface area contributed by atoms with E-state index in [-0.39, 0.29) is 19.3 Å². The summed E-state index contributed by atoms with van der Waals surface area (Å²) in [5.74, 6) is -0.409. The van der Waals surface area contributed by atoms with Crippen molar-refractivity contribution in [2.24, 2.45) is 17.8 Å². The Balaban J connectivity index is 1.57. The second-order valence-corrected chi connectivity index (χ2v) is 8.48. The van der Waals surface area contributed by atoms with Crippen LogP contribution in [0.3, 0.4) is 0 Å². The van der Waals surface area contributed by atoms with Crippen molar-refractivity contribution in [2.75, 3.05) is 13.2 Å². The maximum absolute atomic E-state index is 12.2. The fourth-order valence-electron chi connectivity index (χ4n) is 5.24. The molecule has 158 valence electrons. The standard InChI is InChI=1S/C20H27F3O5/c1-12(2)18(25)28-16-10-19(8-13-3-4-15(16)14(7-13)9-19)27-6-5-26-17(24)11-20(21,22)23/h13-16H,1,3-11H2,2H3. The number of halogens is 3. The zero-order chi connectivity index (χ0) is 20.5. The van der Waals surface area contributed by atoms with E-state index in [0.717, 1.165) is 32.1 Å². The molecule has 0 saturated heterocycles. The van der Waals surface area contributed by atoms with Crippen LogP contribution in [0.5, 0.6) is 0 Å². The maximum Gasteiger partial charge on any atom is 0.399 e. The lowest BCUT2D eigenvalue weighted by Gasteiger charge is -2.56. The summed E-state index contributed by atoms with van der Waals surface area (Å²) in [7, 11) is 0. The highest BCUT2D eigenvalue weighted by Crippen LogP contribution is 2.56. The first kappa shape index (κ1) is 21.1. The Morgan fingerprint density at radius 2 is 1.89 bits per heavy atom. The highest BCUT2D eigenvalue weighted by molar-refractivity contribution is 5.87. The summed E-state index contributed by atoms with van der Waals surface area (Å²) in [5.41, 5.74) is -0.114. The van der Waals surface area contributed by atoms with E-state index in [4.69, 9.17) is 9.47 Å². The van der Waals surface area contributed by atoms with Gasteiger partial charge in [0.2, 0.25) is 0 Å². The van der Waals surface area contributed by atoms with Gasteiger partial charge in [0.05, 0.1) is 12.2 Å². The summed E-state index contributed by atoms with van der Waals surface area (Å²) in [6.07, 6.45) is -0.948. The van der Waals surface area contributed by atoms with Crippen molar-refractivity contribution in [3.05, 3.63) is 12.2 Å². The zero-order valence-electron chi connectivity index (χ0n) is 16.1. The van der Waals surface area contributed by atoms with Gasteiger partial charge in [-0.3, -0.25) is 4.79 Å². The van der Waals surface area contributed by atoms with Crippen LogP contribution in [0, 0.1) is 17.8 Å². The number of fused-ring (bicyclic) bond motifs is 2. The van der Waals surface area contributed by atoms with E-state index in [1.807, 2.05) is 0 Å². The molecule has 0 N–H and O–H groups in total. The lowest BCUT2D eigenvalue weighted by Crippen LogP contribution is -2.56. The molecule has 0 aromatic rings. The van der Waals surface area contributed by atoms with E-state index in [1.165, 1.54) is 0 Å². The molecule has 5 nitrogen and oxygen atoms in total. The number of rotatable bonds is 7. The Hall–Kier alpha value is -1.57. The molecule has 0 aromatic heterocycles. The first-order chi connectivity index (χ1) is 13.1. The average molecular weight is 404 g/mol. The molecule has 28 heavy (non-hydrogen) atoms. The van der Waals surface area contributed by atoms with Gasteiger partial charge >= 0.3 is 18.1 Å². The Morgan fingerprint density at radius 3 is 2.57 bits per heavy atom. The number of carbonyl (C=O) groups excluding carboxylic acids is 2. The van der Waals surface area contributed by atoms with E-state index in [0.29, 0.717) is 29.7 Å². The van der Waals surface area contributed by atoms with Gasteiger partial charge in [-0.2, -0.15) is 13.2 Å². The van der Waals surface area contributed by atoms with Crippen LogP contribution in [0.15, 0.2) is 12.2 Å². The zero-order valence-corrected chi connectivity index (χ0v) is 16.1. The van der Waals surface area contributed by atoms with E-state index in [9.17, 15) is 22.8 Å². The Bertz CT molecular complexity index is 628. The van der Waals surface area contributed by atoms with Crippen molar-refractivity contribution in [1.29, 1.82) is 0 Å². The number of carbonyl (C=O) groups is 2. The number of hydrogen-bond donors (Lipinski definition) is 0. The third-order valence-electron chi connectivity index (χ3n) is 6.20. The molecule has 5 unspecified atom stereocenters. The van der Waals surface area contributed by atoms with E-state index in [1.54, 1.807) is 6.92 Å². The third kappa shape index (κ3) is 5.07. The molecule has 3 saturated carbocycles. The first-order valence-corrected chi connectivity index (χ1v) is 9.80. The molecule has 0 spiro atoms. The van der Waals surface area contributed by atoms with Gasteiger partial charge in [-0.15, -0.1) is 0 Å². The van der Waals surface area contributed by atoms with Gasteiger partial charge in [-0.05, 0) is 56.8 Å². The largest absolute Gasteiger partial charge is 0.463 e. The lowest BCUT2D eigenvalue weighted by molar-refractivity contribution is -0.202. The summed E-state index contributed by atoms with van der Waals surface area (Å²) < 4.78 is 53.0. The first-order valence-electron chi connectivity index (χ1n) is 9.80. The Morgan fingerprint density at radius 1 is 1.14 bits per heavy atom. The Kier molecular flexibility index (Phi) is 6.08. The molecular formula is C20H27F3O5. The normalized spacial score (nSPS) is 34.0. The predicted molar refractivity (Wildman–Crippen MR) is 93.2 cm³/mol. The molecule has 0 heterocycles. The lowest BCUT2D eigenvalue weighted by atomic mass is 9.54. The van der Waals surface area contributed by atoms with Crippen LogP contribution in [0.25, 0.3) is 0 Å². The van der Waals surface area contributed by atoms with Gasteiger partial charge in [0.25, 0.3) is 0 Å². The molecule has 0 aromatic carbocycles. The second kappa shape index (κ2) is 8.05. The third-order valence-corrected chi connectivity index (χ3v) is 6.20. The number of alkyl halides is 3. The van der Waals surface area contributed by atoms with Gasteiger partial charge in [-0.25, -0.2) is 4.79 Å². The molecule has 5 atom stereocenters. The van der Waals surface area contributed by atoms with Crippen LogP contribution in [0.2, 0.25) is 0 Å². The average Bonchev–Trinajstić information content (AvgIpc) is 2.55. The van der Waals surface area contributed by atoms with E-state index < -0.39 is 30.1 Å². The van der Waals surface area contributed by atoms with Crippen LogP contribution in [-0.4, -0.2) is 43.0 Å². The smallest absolute Gasteiger partial charge is 0.399 e. The minimum Gasteiger partial charge on any atom is -0.463 e. The van der Waals surface area contributed by atoms with Crippen LogP contribution in [0.4, 0.5) is 13.2 Å². The molecule has 0 amide bonds. The van der Waals surface area contributed by atoms with Gasteiger partial charge in [-0.1, -0.05) is 6.58 Å². The molecular weight excluding hydrogens is 377 g/mol. The molecule has 0 radical (unpaired) electrons. The quantitative estimate of drug-likeness (QED) is 0.365. The summed E-state index contributed by atoms with van der Waals surface area (Å²) in [5, 5.41) is 0. The maximum atomic E-state index is 12.2. The highest BCUT2D eigenvalue weighted by Gasteiger charge is 2.54. The Labute approximate surface area is 162 Å². The number of hydrogen-bond acceptors (Lipinski definition) is 5. The van der Waals surface area contributed by atoms with Crippen molar-refractivity contribution in [2.45, 2.75) is 69.8 Å². The topological polar surface area (TPSA) is 61.8 Å². The molecule has 3 aliphatic carbocycles. The fraction of sp³-hybridized carbons (Fsp3) is 0.800. The molecule has 3 rings (SSSR count). The van der Waals surface area contributed by atoms with Gasteiger partial charge in [0, 0.05) is 12.0 Å². The van der Waals surface area contributed by atoms with Crippen molar-refractivity contribution in [3.63, 3.8) is 0 Å². The fourth-order valence-corrected chi connectivity index (χ4v) is 5.24. The summed E-state index contributed by atoms with van der Waals surface area (Å²) in [4.78, 5) is 23.2. The molecule has 3 bridgehead atoms. The SMILES string of the molecule is C=C(C)C(=O)OC1CC2(OCCOC(=O)CC(F)(F)F)CC3CCC1C(C3)C2. The molecule has 8 heteroatoms. The van der Waals surface area contributed by atoms with Crippen LogP contribution in [-0.2, 0) is 23.8 Å². The minimum absolute atomic E-state index is 0.0366. The summed E-state index contributed by atoms with van der Waals surface area (Å²) >= 11 is 0. The van der Waals surface area contributed by atoms with Crippen molar-refractivity contribution in [1.82, 2.24) is 0 Å². The predicted octanol–water partition coefficient (Wildman–Crippen LogP) is 3.96. The summed E-state index contributed by atoms with van der Waals surface area (Å²) in [6, 6.07) is 0. The number of esters is 2. The van der Waals surface area contributed by atoms with Crippen LogP contribution < -0.4 is 0 Å². The summed E-state index contributed by atoms with van der Waals surface area (Å²) in [6.45, 7) is 5.07. The minimum atomic E-state index is -4.57. The molecule has 3 fully saturated rings. The van der Waals surface area contributed by atoms with E-state index >= 15 is 0 Å². The highest BCUT2D eigenvalue weighted by atomic mass is 19.4. The van der Waals surface area contributed by atoms with Crippen molar-refractivity contribution < 1.29 is 37.0 Å². The van der Waals surface area contributed by atoms with Crippen molar-refractivity contribution >= 4 is 11.9 Å². The van der Waals surface area contributed by atoms with Crippen LogP contribution >= 0.6 is 0 Å². The molecule has 0 aliphatic heterocycles. The van der Waals surface area contributed by atoms with Crippen LogP contribution in [0.1, 0.15) is 51.9 Å². The van der Waals surface area contributed by atoms with Gasteiger partial charge < -0.3 is 14.2 Å². The van der Waals surface area contributed by atoms with Crippen molar-refractivity contribution in [3.8, 4) is 0 Å². The second-order valence-electron chi connectivity index (χ2n) is 8.48. The number of ether oxygens (including phenoxy) is 3. The monoisotopic (exact) mass is 404 g/mol. The van der Waals surface area contributed by atoms with Gasteiger partial charge in [0.15, 0.2) is 0 Å². The van der Waals surface area contributed by atoms with Gasteiger partial charge in [0.1, 0.15) is 19.1 Å². The van der Waals surface area contributed by atoms with E-state index in [2.05, 4.69) is 11.3 Å². The molecule has 3 aliphatic rings.